The van der Waals surface area contributed by atoms with Crippen LogP contribution in [0.2, 0.25) is 0 Å². The Morgan fingerprint density at radius 1 is 1.31 bits per heavy atom. The Balaban J connectivity index is 2.09. The molecule has 26 heavy (non-hydrogen) atoms. The van der Waals surface area contributed by atoms with Crippen LogP contribution < -0.4 is 10.6 Å². The molecule has 1 saturated carbocycles. The first-order valence-electron chi connectivity index (χ1n) is 8.49. The zero-order valence-electron chi connectivity index (χ0n) is 15.1. The van der Waals surface area contributed by atoms with E-state index in [2.05, 4.69) is 15.6 Å². The van der Waals surface area contributed by atoms with Crippen molar-refractivity contribution < 1.29 is 18.1 Å². The molecule has 0 atom stereocenters. The quantitative estimate of drug-likeness (QED) is 0.565. The van der Waals surface area contributed by atoms with Gasteiger partial charge >= 0.3 is 5.69 Å². The molecule has 0 radical (unpaired) electrons. The lowest BCUT2D eigenvalue weighted by molar-refractivity contribution is -0.384. The van der Waals surface area contributed by atoms with Gasteiger partial charge in [-0.3, -0.25) is 14.9 Å². The van der Waals surface area contributed by atoms with Gasteiger partial charge in [-0.25, -0.2) is 13.4 Å². The number of pyridine rings is 1. The predicted molar refractivity (Wildman–Crippen MR) is 96.6 cm³/mol. The number of rotatable bonds is 6. The van der Waals surface area contributed by atoms with E-state index in [9.17, 15) is 23.3 Å². The summed E-state index contributed by atoms with van der Waals surface area (Å²) in [4.78, 5) is 26.3. The van der Waals surface area contributed by atoms with Crippen molar-refractivity contribution in [2.45, 2.75) is 56.6 Å². The molecule has 0 aliphatic heterocycles. The molecule has 10 heteroatoms. The lowest BCUT2D eigenvalue weighted by Gasteiger charge is -2.29. The van der Waals surface area contributed by atoms with E-state index in [0.29, 0.717) is 25.7 Å². The average molecular weight is 384 g/mol. The van der Waals surface area contributed by atoms with Crippen molar-refractivity contribution in [3.63, 3.8) is 0 Å². The second-order valence-electron chi connectivity index (χ2n) is 6.93. The van der Waals surface area contributed by atoms with Gasteiger partial charge in [0.15, 0.2) is 14.9 Å². The number of carbonyl (C=O) groups is 1. The zero-order chi connectivity index (χ0) is 19.5. The van der Waals surface area contributed by atoms with Gasteiger partial charge in [0.05, 0.1) is 4.92 Å². The number of amides is 1. The molecule has 9 nitrogen and oxygen atoms in total. The molecule has 0 spiro atoms. The Morgan fingerprint density at radius 2 is 1.92 bits per heavy atom. The third-order valence-electron chi connectivity index (χ3n) is 4.32. The van der Waals surface area contributed by atoms with Crippen LogP contribution in [-0.2, 0) is 14.6 Å². The lowest BCUT2D eigenvalue weighted by atomic mass is 9.85. The summed E-state index contributed by atoms with van der Waals surface area (Å²) in [5.41, 5.74) is -0.127. The molecule has 144 valence electrons. The lowest BCUT2D eigenvalue weighted by Crippen LogP contribution is -2.38. The van der Waals surface area contributed by atoms with Gasteiger partial charge in [0, 0.05) is 30.3 Å². The molecule has 2 N–H and O–H groups in total. The molecule has 1 aliphatic rings. The van der Waals surface area contributed by atoms with Gasteiger partial charge in [0.25, 0.3) is 0 Å². The van der Waals surface area contributed by atoms with Gasteiger partial charge in [0.2, 0.25) is 5.91 Å². The minimum Gasteiger partial charge on any atom is -0.377 e. The minimum absolute atomic E-state index is 0.0349. The van der Waals surface area contributed by atoms with E-state index in [0.717, 1.165) is 12.5 Å². The molecule has 1 aromatic rings. The fraction of sp³-hybridized carbons (Fsp3) is 0.625. The fourth-order valence-corrected chi connectivity index (χ4v) is 3.59. The molecule has 0 saturated heterocycles. The monoisotopic (exact) mass is 384 g/mol. The van der Waals surface area contributed by atoms with Gasteiger partial charge in [-0.2, -0.15) is 0 Å². The highest BCUT2D eigenvalue weighted by molar-refractivity contribution is 7.90. The van der Waals surface area contributed by atoms with Crippen LogP contribution in [0.4, 0.5) is 11.4 Å². The summed E-state index contributed by atoms with van der Waals surface area (Å²) in [6.07, 6.45) is 4.65. The Labute approximate surface area is 152 Å². The van der Waals surface area contributed by atoms with Gasteiger partial charge in [-0.1, -0.05) is 0 Å². The fourth-order valence-electron chi connectivity index (χ4n) is 3.02. The van der Waals surface area contributed by atoms with E-state index in [1.807, 2.05) is 13.8 Å². The maximum atomic E-state index is 12.1. The number of carbonyl (C=O) groups excluding carboxylic acids is 1. The van der Waals surface area contributed by atoms with Crippen LogP contribution in [0.25, 0.3) is 0 Å². The number of nitrogens with one attached hydrogen (secondary N) is 2. The Hall–Kier alpha value is -2.23. The van der Waals surface area contributed by atoms with Crippen molar-refractivity contribution in [2.24, 2.45) is 5.92 Å². The Bertz CT molecular complexity index is 786. The molecule has 1 heterocycles. The maximum absolute atomic E-state index is 12.1. The van der Waals surface area contributed by atoms with Crippen LogP contribution in [-0.4, -0.2) is 42.6 Å². The zero-order valence-corrected chi connectivity index (χ0v) is 15.9. The van der Waals surface area contributed by atoms with E-state index in [-0.39, 0.29) is 40.3 Å². The van der Waals surface area contributed by atoms with E-state index >= 15 is 0 Å². The third kappa shape index (κ3) is 5.13. The van der Waals surface area contributed by atoms with E-state index < -0.39 is 14.8 Å². The Morgan fingerprint density at radius 3 is 2.42 bits per heavy atom. The molecule has 0 unspecified atom stereocenters. The average Bonchev–Trinajstić information content (AvgIpc) is 2.53. The second kappa shape index (κ2) is 7.98. The molecule has 1 amide bonds. The number of hydrogen-bond acceptors (Lipinski definition) is 7. The first kappa shape index (κ1) is 20.1. The van der Waals surface area contributed by atoms with Crippen LogP contribution in [0.5, 0.6) is 0 Å². The van der Waals surface area contributed by atoms with Crippen molar-refractivity contribution in [1.29, 1.82) is 0 Å². The van der Waals surface area contributed by atoms with Crippen molar-refractivity contribution in [2.75, 3.05) is 11.6 Å². The summed E-state index contributed by atoms with van der Waals surface area (Å²) < 4.78 is 23.3. The maximum Gasteiger partial charge on any atom is 0.310 e. The summed E-state index contributed by atoms with van der Waals surface area (Å²) in [7, 11) is -3.57. The van der Waals surface area contributed by atoms with Crippen LogP contribution in [0.15, 0.2) is 17.3 Å². The normalized spacial score (nSPS) is 20.6. The smallest absolute Gasteiger partial charge is 0.310 e. The highest BCUT2D eigenvalue weighted by Gasteiger charge is 2.28. The number of aromatic nitrogens is 1. The summed E-state index contributed by atoms with van der Waals surface area (Å²) in [6.45, 7) is 3.82. The molecule has 1 fully saturated rings. The largest absolute Gasteiger partial charge is 0.377 e. The van der Waals surface area contributed by atoms with Crippen molar-refractivity contribution in [3.05, 3.63) is 22.4 Å². The number of nitro groups is 1. The molecule has 0 bridgehead atoms. The van der Waals surface area contributed by atoms with Crippen molar-refractivity contribution in [1.82, 2.24) is 10.3 Å². The van der Waals surface area contributed by atoms with Crippen LogP contribution in [0.1, 0.15) is 39.5 Å². The summed E-state index contributed by atoms with van der Waals surface area (Å²) in [6, 6.07) is 1.23. The van der Waals surface area contributed by atoms with Crippen LogP contribution >= 0.6 is 0 Å². The third-order valence-corrected chi connectivity index (χ3v) is 5.31. The van der Waals surface area contributed by atoms with Gasteiger partial charge < -0.3 is 10.6 Å². The second-order valence-corrected chi connectivity index (χ2v) is 8.89. The topological polar surface area (TPSA) is 131 Å². The van der Waals surface area contributed by atoms with Crippen LogP contribution in [0, 0.1) is 16.0 Å². The van der Waals surface area contributed by atoms with E-state index in [1.165, 1.54) is 6.07 Å². The number of nitrogens with zero attached hydrogens (tertiary/aromatic N) is 2. The van der Waals surface area contributed by atoms with Crippen molar-refractivity contribution >= 4 is 27.1 Å². The molecule has 1 aromatic heterocycles. The summed E-state index contributed by atoms with van der Waals surface area (Å²) >= 11 is 0. The van der Waals surface area contributed by atoms with E-state index in [4.69, 9.17) is 0 Å². The van der Waals surface area contributed by atoms with Gasteiger partial charge in [-0.05, 0) is 39.5 Å². The standard InChI is InChI=1S/C16H24N4O5S/c1-10(2)18-16(21)11-4-6-12(7-5-11)19-13-8-15(26(3,24)25)17-9-14(13)20(22)23/h8-12H,4-7H2,1-3H3,(H,17,19)(H,18,21)/t11-,12+. The number of anilines is 1. The molecular weight excluding hydrogens is 360 g/mol. The highest BCUT2D eigenvalue weighted by Crippen LogP contribution is 2.31. The molecule has 0 aromatic carbocycles. The first-order chi connectivity index (χ1) is 12.1. The van der Waals surface area contributed by atoms with Gasteiger partial charge in [-0.15, -0.1) is 0 Å². The minimum atomic E-state index is -3.57. The number of sulfone groups is 1. The highest BCUT2D eigenvalue weighted by atomic mass is 32.2. The molecule has 1 aliphatic carbocycles. The predicted octanol–water partition coefficient (Wildman–Crippen LogP) is 1.89. The van der Waals surface area contributed by atoms with Gasteiger partial charge in [0.1, 0.15) is 11.9 Å². The summed E-state index contributed by atoms with van der Waals surface area (Å²) in [5.74, 6) is -0.0258. The van der Waals surface area contributed by atoms with Crippen molar-refractivity contribution in [3.8, 4) is 0 Å². The van der Waals surface area contributed by atoms with Crippen LogP contribution in [0.3, 0.4) is 0 Å². The number of hydrogen-bond donors (Lipinski definition) is 2. The molecule has 2 rings (SSSR count). The SMILES string of the molecule is CC(C)NC(=O)[C@H]1CC[C@@H](Nc2cc(S(C)(=O)=O)ncc2[N+](=O)[O-])CC1. The Kier molecular flexibility index (Phi) is 6.17. The first-order valence-corrected chi connectivity index (χ1v) is 10.4. The molecular formula is C16H24N4O5S. The summed E-state index contributed by atoms with van der Waals surface area (Å²) in [5, 5.41) is 16.9. The van der Waals surface area contributed by atoms with E-state index in [1.54, 1.807) is 0 Å².